The van der Waals surface area contributed by atoms with E-state index in [4.69, 9.17) is 11.6 Å². The Morgan fingerprint density at radius 2 is 2.28 bits per heavy atom. The number of carbonyl (C=O) groups is 1. The topological polar surface area (TPSA) is 29.1 Å². The van der Waals surface area contributed by atoms with Crippen LogP contribution >= 0.6 is 27.5 Å². The Morgan fingerprint density at radius 1 is 1.50 bits per heavy atom. The molecule has 1 aromatic rings. The molecule has 0 saturated heterocycles. The Balaban J connectivity index is 2.12. The summed E-state index contributed by atoms with van der Waals surface area (Å²) >= 11 is 9.47. The van der Waals surface area contributed by atoms with Crippen molar-refractivity contribution in [2.75, 3.05) is 5.32 Å². The van der Waals surface area contributed by atoms with Crippen LogP contribution in [-0.4, -0.2) is 5.78 Å². The first-order valence-electron chi connectivity index (χ1n) is 6.03. The van der Waals surface area contributed by atoms with E-state index in [1.807, 2.05) is 25.1 Å². The third-order valence-corrected chi connectivity index (χ3v) is 3.99. The van der Waals surface area contributed by atoms with E-state index in [1.54, 1.807) is 6.20 Å². The van der Waals surface area contributed by atoms with E-state index in [2.05, 4.69) is 21.2 Å². The van der Waals surface area contributed by atoms with Crippen LogP contribution in [0.4, 0.5) is 5.69 Å². The van der Waals surface area contributed by atoms with Gasteiger partial charge < -0.3 is 5.32 Å². The van der Waals surface area contributed by atoms with Crippen LogP contribution in [0.1, 0.15) is 26.2 Å². The molecule has 1 aliphatic carbocycles. The minimum atomic E-state index is 0.146. The van der Waals surface area contributed by atoms with E-state index in [9.17, 15) is 4.79 Å². The maximum absolute atomic E-state index is 11.9. The molecule has 2 nitrogen and oxygen atoms in total. The number of halogens is 2. The lowest BCUT2D eigenvalue weighted by atomic mass is 9.86. The van der Waals surface area contributed by atoms with Crippen molar-refractivity contribution in [2.24, 2.45) is 5.92 Å². The lowest BCUT2D eigenvalue weighted by Gasteiger charge is -2.19. The number of ketones is 1. The first-order chi connectivity index (χ1) is 8.58. The summed E-state index contributed by atoms with van der Waals surface area (Å²) in [6.45, 7) is 1.99. The zero-order valence-corrected chi connectivity index (χ0v) is 12.5. The lowest BCUT2D eigenvalue weighted by Crippen LogP contribution is -2.19. The fourth-order valence-corrected chi connectivity index (χ4v) is 2.81. The molecule has 0 radical (unpaired) electrons. The molecule has 2 rings (SSSR count). The quantitative estimate of drug-likeness (QED) is 0.791. The van der Waals surface area contributed by atoms with Crippen molar-refractivity contribution in [3.05, 3.63) is 39.5 Å². The van der Waals surface area contributed by atoms with Crippen LogP contribution < -0.4 is 5.32 Å². The molecule has 1 N–H and O–H groups in total. The Hall–Kier alpha value is -0.800. The number of hydrogen-bond donors (Lipinski definition) is 1. The summed E-state index contributed by atoms with van der Waals surface area (Å²) < 4.78 is 0.938. The van der Waals surface area contributed by atoms with Crippen molar-refractivity contribution in [1.82, 2.24) is 0 Å². The number of benzene rings is 1. The van der Waals surface area contributed by atoms with Gasteiger partial charge in [0.2, 0.25) is 0 Å². The number of hydrogen-bond acceptors (Lipinski definition) is 2. The molecule has 18 heavy (non-hydrogen) atoms. The number of Topliss-reactive ketones (excluding diaryl/α,β-unsaturated/α-hetero) is 1. The van der Waals surface area contributed by atoms with Gasteiger partial charge in [-0.2, -0.15) is 0 Å². The molecule has 0 heterocycles. The van der Waals surface area contributed by atoms with E-state index in [0.717, 1.165) is 35.0 Å². The Labute approximate surface area is 121 Å². The maximum Gasteiger partial charge on any atom is 0.163 e. The van der Waals surface area contributed by atoms with Crippen molar-refractivity contribution >= 4 is 39.0 Å². The molecular weight excluding hydrogens is 314 g/mol. The fraction of sp³-hybridized carbons (Fsp3) is 0.357. The van der Waals surface area contributed by atoms with Gasteiger partial charge in [-0.3, -0.25) is 4.79 Å². The Kier molecular flexibility index (Phi) is 4.46. The van der Waals surface area contributed by atoms with Crippen molar-refractivity contribution in [2.45, 2.75) is 26.2 Å². The van der Waals surface area contributed by atoms with Gasteiger partial charge in [-0.05, 0) is 37.5 Å². The van der Waals surface area contributed by atoms with E-state index >= 15 is 0 Å². The van der Waals surface area contributed by atoms with Gasteiger partial charge in [0.25, 0.3) is 0 Å². The molecule has 0 spiro atoms. The van der Waals surface area contributed by atoms with Gasteiger partial charge in [0.05, 0.1) is 10.7 Å². The standard InChI is InChI=1S/C14H15BrClNO/c1-9-3-2-4-10(14(9)18)8-17-13-6-5-11(15)7-12(13)16/h5-9,17H,2-4H2,1H3/b10-8-/t9-/m1/s1. The van der Waals surface area contributed by atoms with Crippen molar-refractivity contribution in [3.63, 3.8) is 0 Å². The number of anilines is 1. The van der Waals surface area contributed by atoms with Crippen LogP contribution in [-0.2, 0) is 4.79 Å². The van der Waals surface area contributed by atoms with Crippen LogP contribution in [0.2, 0.25) is 5.02 Å². The summed E-state index contributed by atoms with van der Waals surface area (Å²) in [4.78, 5) is 11.9. The molecule has 96 valence electrons. The second-order valence-corrected chi connectivity index (χ2v) is 5.92. The average molecular weight is 329 g/mol. The SMILES string of the molecule is C[C@@H]1CCC/C(=C/Nc2ccc(Br)cc2Cl)C1=O. The van der Waals surface area contributed by atoms with Crippen LogP contribution in [0.3, 0.4) is 0 Å². The minimum Gasteiger partial charge on any atom is -0.360 e. The molecule has 0 aliphatic heterocycles. The molecule has 1 saturated carbocycles. The van der Waals surface area contributed by atoms with Gasteiger partial charge in [0.15, 0.2) is 5.78 Å². The minimum absolute atomic E-state index is 0.146. The first-order valence-corrected chi connectivity index (χ1v) is 7.20. The lowest BCUT2D eigenvalue weighted by molar-refractivity contribution is -0.119. The van der Waals surface area contributed by atoms with Crippen LogP contribution in [0.25, 0.3) is 0 Å². The Bertz CT molecular complexity index is 499. The second-order valence-electron chi connectivity index (χ2n) is 4.60. The van der Waals surface area contributed by atoms with E-state index < -0.39 is 0 Å². The van der Waals surface area contributed by atoms with Gasteiger partial charge in [-0.25, -0.2) is 0 Å². The normalized spacial score (nSPS) is 22.3. The second kappa shape index (κ2) is 5.89. The van der Waals surface area contributed by atoms with Gasteiger partial charge in [-0.1, -0.05) is 34.5 Å². The highest BCUT2D eigenvalue weighted by Crippen LogP contribution is 2.28. The predicted molar refractivity (Wildman–Crippen MR) is 78.9 cm³/mol. The summed E-state index contributed by atoms with van der Waals surface area (Å²) in [7, 11) is 0. The third-order valence-electron chi connectivity index (χ3n) is 3.18. The molecule has 0 aromatic heterocycles. The highest BCUT2D eigenvalue weighted by Gasteiger charge is 2.22. The zero-order chi connectivity index (χ0) is 13.1. The summed E-state index contributed by atoms with van der Waals surface area (Å²) in [5, 5.41) is 3.76. The molecule has 0 amide bonds. The third kappa shape index (κ3) is 3.15. The van der Waals surface area contributed by atoms with E-state index in [0.29, 0.717) is 5.02 Å². The summed E-state index contributed by atoms with van der Waals surface area (Å²) in [5.74, 6) is 0.397. The molecule has 0 bridgehead atoms. The fourth-order valence-electron chi connectivity index (χ4n) is 2.08. The smallest absolute Gasteiger partial charge is 0.163 e. The highest BCUT2D eigenvalue weighted by molar-refractivity contribution is 9.10. The molecular formula is C14H15BrClNO. The van der Waals surface area contributed by atoms with Crippen LogP contribution in [0.5, 0.6) is 0 Å². The molecule has 1 atom stereocenters. The number of carbonyl (C=O) groups excluding carboxylic acids is 1. The number of allylic oxidation sites excluding steroid dienone is 1. The molecule has 0 unspecified atom stereocenters. The van der Waals surface area contributed by atoms with Crippen LogP contribution in [0.15, 0.2) is 34.4 Å². The molecule has 1 aliphatic rings. The monoisotopic (exact) mass is 327 g/mol. The first kappa shape index (κ1) is 13.6. The molecule has 4 heteroatoms. The molecule has 1 fully saturated rings. The van der Waals surface area contributed by atoms with E-state index in [-0.39, 0.29) is 11.7 Å². The maximum atomic E-state index is 11.9. The van der Waals surface area contributed by atoms with Crippen molar-refractivity contribution < 1.29 is 4.79 Å². The number of nitrogens with one attached hydrogen (secondary N) is 1. The molecule has 1 aromatic carbocycles. The average Bonchev–Trinajstić information content (AvgIpc) is 2.33. The summed E-state index contributed by atoms with van der Waals surface area (Å²) in [5.41, 5.74) is 1.69. The van der Waals surface area contributed by atoms with Gasteiger partial charge in [-0.15, -0.1) is 0 Å². The zero-order valence-electron chi connectivity index (χ0n) is 10.2. The summed E-state index contributed by atoms with van der Waals surface area (Å²) in [6, 6.07) is 5.63. The predicted octanol–water partition coefficient (Wildman–Crippen LogP) is 4.79. The van der Waals surface area contributed by atoms with Crippen LogP contribution in [0, 0.1) is 5.92 Å². The number of rotatable bonds is 2. The van der Waals surface area contributed by atoms with Crippen molar-refractivity contribution in [3.8, 4) is 0 Å². The largest absolute Gasteiger partial charge is 0.360 e. The highest BCUT2D eigenvalue weighted by atomic mass is 79.9. The Morgan fingerprint density at radius 3 is 3.00 bits per heavy atom. The van der Waals surface area contributed by atoms with Gasteiger partial charge in [0, 0.05) is 22.2 Å². The van der Waals surface area contributed by atoms with Gasteiger partial charge >= 0.3 is 0 Å². The summed E-state index contributed by atoms with van der Waals surface area (Å²) in [6.07, 6.45) is 4.72. The van der Waals surface area contributed by atoms with Gasteiger partial charge in [0.1, 0.15) is 0 Å². The van der Waals surface area contributed by atoms with Crippen molar-refractivity contribution in [1.29, 1.82) is 0 Å². The van der Waals surface area contributed by atoms with E-state index in [1.165, 1.54) is 0 Å².